The van der Waals surface area contributed by atoms with Gasteiger partial charge in [-0.2, -0.15) is 5.10 Å². The predicted octanol–water partition coefficient (Wildman–Crippen LogP) is 1.66. The maximum Gasteiger partial charge on any atom is 0.0765 e. The van der Waals surface area contributed by atoms with E-state index in [0.29, 0.717) is 18.1 Å². The van der Waals surface area contributed by atoms with Gasteiger partial charge in [-0.25, -0.2) is 0 Å². The Hall–Kier alpha value is -0.910. The van der Waals surface area contributed by atoms with Gasteiger partial charge in [-0.05, 0) is 19.9 Å². The van der Waals surface area contributed by atoms with Gasteiger partial charge in [0.05, 0.1) is 18.9 Å². The van der Waals surface area contributed by atoms with Crippen LogP contribution in [-0.4, -0.2) is 53.1 Å². The van der Waals surface area contributed by atoms with Crippen molar-refractivity contribution in [1.29, 1.82) is 0 Å². The molecule has 1 saturated heterocycles. The molecule has 1 aromatic rings. The van der Waals surface area contributed by atoms with Crippen molar-refractivity contribution in [2.75, 3.05) is 26.3 Å². The summed E-state index contributed by atoms with van der Waals surface area (Å²) in [6.07, 6.45) is 2.07. The van der Waals surface area contributed by atoms with Gasteiger partial charge >= 0.3 is 0 Å². The third-order valence-electron chi connectivity index (χ3n) is 3.67. The lowest BCUT2D eigenvalue weighted by atomic mass is 10.2. The van der Waals surface area contributed by atoms with Crippen LogP contribution >= 0.6 is 0 Å². The van der Waals surface area contributed by atoms with E-state index in [1.54, 1.807) is 0 Å². The van der Waals surface area contributed by atoms with Crippen LogP contribution < -0.4 is 5.32 Å². The molecule has 2 heterocycles. The molecule has 1 atom stereocenters. The van der Waals surface area contributed by atoms with Crippen molar-refractivity contribution in [3.05, 3.63) is 18.0 Å². The fourth-order valence-electron chi connectivity index (χ4n) is 2.41. The lowest BCUT2D eigenvalue weighted by molar-refractivity contribution is -0.0121. The Morgan fingerprint density at radius 1 is 1.40 bits per heavy atom. The Morgan fingerprint density at radius 2 is 2.20 bits per heavy atom. The number of rotatable bonds is 6. The highest BCUT2D eigenvalue weighted by atomic mass is 16.5. The largest absolute Gasteiger partial charge is 0.378 e. The molecule has 1 aliphatic heterocycles. The molecule has 114 valence electrons. The van der Waals surface area contributed by atoms with Crippen LogP contribution in [0, 0.1) is 0 Å². The summed E-state index contributed by atoms with van der Waals surface area (Å²) in [6, 6.07) is 3.50. The Balaban J connectivity index is 1.93. The zero-order valence-electron chi connectivity index (χ0n) is 13.2. The molecular formula is C15H28N4O. The number of aromatic nitrogens is 2. The van der Waals surface area contributed by atoms with E-state index in [2.05, 4.69) is 55.3 Å². The lowest BCUT2D eigenvalue weighted by Gasteiger charge is -2.35. The van der Waals surface area contributed by atoms with Gasteiger partial charge < -0.3 is 10.1 Å². The fourth-order valence-corrected chi connectivity index (χ4v) is 2.41. The van der Waals surface area contributed by atoms with Gasteiger partial charge in [-0.15, -0.1) is 0 Å². The maximum absolute atomic E-state index is 5.62. The second kappa shape index (κ2) is 7.20. The fraction of sp³-hybridized carbons (Fsp3) is 0.800. The second-order valence-corrected chi connectivity index (χ2v) is 6.14. The molecule has 1 fully saturated rings. The molecule has 1 unspecified atom stereocenters. The first-order valence-corrected chi connectivity index (χ1v) is 7.65. The first-order chi connectivity index (χ1) is 9.56. The lowest BCUT2D eigenvalue weighted by Crippen LogP contribution is -2.50. The molecule has 0 amide bonds. The summed E-state index contributed by atoms with van der Waals surface area (Å²) < 4.78 is 7.64. The Morgan fingerprint density at radius 3 is 2.85 bits per heavy atom. The van der Waals surface area contributed by atoms with Crippen LogP contribution in [0.3, 0.4) is 0 Å². The molecule has 2 rings (SSSR count). The van der Waals surface area contributed by atoms with Crippen LogP contribution in [0.1, 0.15) is 39.4 Å². The average molecular weight is 280 g/mol. The molecule has 0 aromatic carbocycles. The third-order valence-corrected chi connectivity index (χ3v) is 3.67. The number of nitrogens with zero attached hydrogens (tertiary/aromatic N) is 3. The monoisotopic (exact) mass is 280 g/mol. The van der Waals surface area contributed by atoms with E-state index in [4.69, 9.17) is 4.74 Å². The minimum absolute atomic E-state index is 0.423. The molecule has 1 aliphatic rings. The summed E-state index contributed by atoms with van der Waals surface area (Å²) in [5, 5.41) is 8.15. The third kappa shape index (κ3) is 4.30. The zero-order chi connectivity index (χ0) is 14.5. The predicted molar refractivity (Wildman–Crippen MR) is 80.8 cm³/mol. The van der Waals surface area contributed by atoms with E-state index >= 15 is 0 Å². The minimum Gasteiger partial charge on any atom is -0.378 e. The molecule has 1 N–H and O–H groups in total. The highest BCUT2D eigenvalue weighted by molar-refractivity contribution is 5.00. The number of nitrogens with one attached hydrogen (secondary N) is 1. The molecule has 5 heteroatoms. The Kier molecular flexibility index (Phi) is 5.57. The van der Waals surface area contributed by atoms with E-state index in [1.165, 1.54) is 0 Å². The topological polar surface area (TPSA) is 42.3 Å². The quantitative estimate of drug-likeness (QED) is 0.860. The summed E-state index contributed by atoms with van der Waals surface area (Å²) in [4.78, 5) is 2.48. The SMILES string of the molecule is CC(C)NCC1COCCN1Cc1ccn(C(C)C)n1. The van der Waals surface area contributed by atoms with E-state index in [-0.39, 0.29) is 0 Å². The highest BCUT2D eigenvalue weighted by Gasteiger charge is 2.23. The average Bonchev–Trinajstić information content (AvgIpc) is 2.86. The van der Waals surface area contributed by atoms with Crippen LogP contribution in [0.4, 0.5) is 0 Å². The van der Waals surface area contributed by atoms with Crippen molar-refractivity contribution in [3.8, 4) is 0 Å². The van der Waals surface area contributed by atoms with Gasteiger partial charge in [0.2, 0.25) is 0 Å². The Labute approximate surface area is 122 Å². The van der Waals surface area contributed by atoms with Gasteiger partial charge in [0.25, 0.3) is 0 Å². The van der Waals surface area contributed by atoms with Gasteiger partial charge in [0.1, 0.15) is 0 Å². The van der Waals surface area contributed by atoms with Crippen LogP contribution in [-0.2, 0) is 11.3 Å². The molecule has 20 heavy (non-hydrogen) atoms. The first-order valence-electron chi connectivity index (χ1n) is 7.65. The van der Waals surface area contributed by atoms with E-state index in [9.17, 15) is 0 Å². The molecule has 0 bridgehead atoms. The standard InChI is InChI=1S/C15H28N4O/c1-12(2)16-9-15-11-20-8-7-18(15)10-14-5-6-19(17-14)13(3)4/h5-6,12-13,15-16H,7-11H2,1-4H3. The molecule has 0 spiro atoms. The molecule has 5 nitrogen and oxygen atoms in total. The maximum atomic E-state index is 5.62. The second-order valence-electron chi connectivity index (χ2n) is 6.14. The number of morpholine rings is 1. The summed E-state index contributed by atoms with van der Waals surface area (Å²) in [6.45, 7) is 13.2. The van der Waals surface area contributed by atoms with Crippen LogP contribution in [0.5, 0.6) is 0 Å². The smallest absolute Gasteiger partial charge is 0.0765 e. The molecule has 1 aromatic heterocycles. The van der Waals surface area contributed by atoms with Crippen molar-refractivity contribution in [3.63, 3.8) is 0 Å². The molecule has 0 radical (unpaired) electrons. The number of ether oxygens (including phenoxy) is 1. The van der Waals surface area contributed by atoms with Crippen LogP contribution in [0.25, 0.3) is 0 Å². The van der Waals surface area contributed by atoms with E-state index in [0.717, 1.165) is 38.5 Å². The van der Waals surface area contributed by atoms with Crippen molar-refractivity contribution in [2.24, 2.45) is 0 Å². The Bertz CT molecular complexity index is 402. The summed E-state index contributed by atoms with van der Waals surface area (Å²) >= 11 is 0. The highest BCUT2D eigenvalue weighted by Crippen LogP contribution is 2.12. The number of hydrogen-bond donors (Lipinski definition) is 1. The van der Waals surface area contributed by atoms with Crippen molar-refractivity contribution < 1.29 is 4.74 Å². The molecular weight excluding hydrogens is 252 g/mol. The molecule has 0 aliphatic carbocycles. The first kappa shape index (κ1) is 15.5. The van der Waals surface area contributed by atoms with Gasteiger partial charge in [0.15, 0.2) is 0 Å². The van der Waals surface area contributed by atoms with Gasteiger partial charge in [-0.3, -0.25) is 9.58 Å². The van der Waals surface area contributed by atoms with Gasteiger partial charge in [-0.1, -0.05) is 13.8 Å². The summed E-state index contributed by atoms with van der Waals surface area (Å²) in [7, 11) is 0. The van der Waals surface area contributed by atoms with E-state index < -0.39 is 0 Å². The van der Waals surface area contributed by atoms with Gasteiger partial charge in [0, 0.05) is 44.0 Å². The van der Waals surface area contributed by atoms with Crippen molar-refractivity contribution in [1.82, 2.24) is 20.0 Å². The minimum atomic E-state index is 0.423. The van der Waals surface area contributed by atoms with Crippen LogP contribution in [0.15, 0.2) is 12.3 Å². The summed E-state index contributed by atoms with van der Waals surface area (Å²) in [5.74, 6) is 0. The molecule has 0 saturated carbocycles. The van der Waals surface area contributed by atoms with E-state index in [1.807, 2.05) is 4.68 Å². The van der Waals surface area contributed by atoms with Crippen molar-refractivity contribution >= 4 is 0 Å². The van der Waals surface area contributed by atoms with Crippen LogP contribution in [0.2, 0.25) is 0 Å². The normalized spacial score (nSPS) is 21.0. The zero-order valence-corrected chi connectivity index (χ0v) is 13.2. The summed E-state index contributed by atoms with van der Waals surface area (Å²) in [5.41, 5.74) is 1.15. The van der Waals surface area contributed by atoms with Crippen molar-refractivity contribution in [2.45, 2.75) is 52.4 Å². The number of hydrogen-bond acceptors (Lipinski definition) is 4.